The highest BCUT2D eigenvalue weighted by molar-refractivity contribution is 5.79. The van der Waals surface area contributed by atoms with E-state index in [9.17, 15) is 19.5 Å². The standard InChI is InChI=1S/C27H29N3O5/c1-28-15-22(25(32)29(2)26(28)33)24(31)17-11-13-30(14-12-17)27(34)35-16-23-20-9-5-3-7-18(20)19-8-4-6-10-21(19)23/h3-10,15,17,23-24,31H,11-14,16H2,1-2H3. The average molecular weight is 476 g/mol. The van der Waals surface area contributed by atoms with Crippen molar-refractivity contribution in [2.45, 2.75) is 24.9 Å². The van der Waals surface area contributed by atoms with Crippen molar-refractivity contribution in [3.63, 3.8) is 0 Å². The first-order valence-corrected chi connectivity index (χ1v) is 11.9. The van der Waals surface area contributed by atoms with E-state index >= 15 is 0 Å². The molecule has 0 spiro atoms. The molecule has 2 aliphatic rings. The summed E-state index contributed by atoms with van der Waals surface area (Å²) in [5.41, 5.74) is 3.99. The van der Waals surface area contributed by atoms with Crippen LogP contribution in [-0.2, 0) is 18.8 Å². The van der Waals surface area contributed by atoms with Gasteiger partial charge in [0.15, 0.2) is 0 Å². The number of aryl methyl sites for hydroxylation is 1. The highest BCUT2D eigenvalue weighted by Gasteiger charge is 2.33. The van der Waals surface area contributed by atoms with Crippen LogP contribution in [0, 0.1) is 5.92 Å². The van der Waals surface area contributed by atoms with Crippen LogP contribution in [0.4, 0.5) is 4.79 Å². The number of fused-ring (bicyclic) bond motifs is 3. The summed E-state index contributed by atoms with van der Waals surface area (Å²) >= 11 is 0. The van der Waals surface area contributed by atoms with Crippen LogP contribution in [0.3, 0.4) is 0 Å². The number of carbonyl (C=O) groups is 1. The summed E-state index contributed by atoms with van der Waals surface area (Å²) in [6, 6.07) is 16.4. The molecule has 1 unspecified atom stereocenters. The Balaban J connectivity index is 1.22. The zero-order valence-electron chi connectivity index (χ0n) is 19.9. The van der Waals surface area contributed by atoms with Crippen LogP contribution in [0.25, 0.3) is 11.1 Å². The van der Waals surface area contributed by atoms with Crippen LogP contribution in [0.1, 0.15) is 41.6 Å². The molecule has 2 aromatic carbocycles. The minimum atomic E-state index is -0.995. The monoisotopic (exact) mass is 475 g/mol. The Morgan fingerprint density at radius 1 is 1.00 bits per heavy atom. The zero-order chi connectivity index (χ0) is 24.7. The summed E-state index contributed by atoms with van der Waals surface area (Å²) in [7, 11) is 2.96. The van der Waals surface area contributed by atoms with E-state index in [1.807, 2.05) is 24.3 Å². The molecule has 1 aliphatic heterocycles. The third kappa shape index (κ3) is 4.08. The molecule has 8 nitrogen and oxygen atoms in total. The summed E-state index contributed by atoms with van der Waals surface area (Å²) in [5.74, 6) is -0.176. The second-order valence-electron chi connectivity index (χ2n) is 9.42. The number of benzene rings is 2. The maximum atomic E-state index is 12.9. The van der Waals surface area contributed by atoms with Crippen molar-refractivity contribution in [3.8, 4) is 11.1 Å². The van der Waals surface area contributed by atoms with Gasteiger partial charge in [0.25, 0.3) is 5.56 Å². The topological polar surface area (TPSA) is 93.8 Å². The van der Waals surface area contributed by atoms with Crippen molar-refractivity contribution in [2.24, 2.45) is 20.0 Å². The number of rotatable bonds is 4. The zero-order valence-corrected chi connectivity index (χ0v) is 19.9. The van der Waals surface area contributed by atoms with Crippen molar-refractivity contribution in [3.05, 3.63) is 92.3 Å². The van der Waals surface area contributed by atoms with E-state index in [0.717, 1.165) is 4.57 Å². The number of aliphatic hydroxyl groups is 1. The highest BCUT2D eigenvalue weighted by Crippen LogP contribution is 2.44. The minimum absolute atomic E-state index is 0.00616. The molecule has 0 bridgehead atoms. The van der Waals surface area contributed by atoms with Gasteiger partial charge in [-0.2, -0.15) is 0 Å². The van der Waals surface area contributed by atoms with E-state index in [1.54, 1.807) is 11.9 Å². The Morgan fingerprint density at radius 3 is 2.17 bits per heavy atom. The summed E-state index contributed by atoms with van der Waals surface area (Å²) in [5, 5.41) is 10.9. The number of carbonyl (C=O) groups excluding carboxylic acids is 1. The van der Waals surface area contributed by atoms with Gasteiger partial charge < -0.3 is 19.3 Å². The average Bonchev–Trinajstić information content (AvgIpc) is 3.21. The van der Waals surface area contributed by atoms with E-state index in [4.69, 9.17) is 4.74 Å². The third-order valence-electron chi connectivity index (χ3n) is 7.37. The van der Waals surface area contributed by atoms with Gasteiger partial charge in [0.05, 0.1) is 11.7 Å². The van der Waals surface area contributed by atoms with E-state index in [0.29, 0.717) is 25.9 Å². The number of ether oxygens (including phenoxy) is 1. The van der Waals surface area contributed by atoms with E-state index in [-0.39, 0.29) is 30.1 Å². The van der Waals surface area contributed by atoms with Crippen molar-refractivity contribution in [2.75, 3.05) is 19.7 Å². The molecule has 1 atom stereocenters. The molecule has 1 saturated heterocycles. The third-order valence-corrected chi connectivity index (χ3v) is 7.37. The maximum Gasteiger partial charge on any atom is 0.409 e. The molecule has 3 aromatic rings. The molecule has 0 radical (unpaired) electrons. The summed E-state index contributed by atoms with van der Waals surface area (Å²) in [4.78, 5) is 38.9. The molecule has 8 heteroatoms. The molecule has 1 aromatic heterocycles. The van der Waals surface area contributed by atoms with Crippen LogP contribution in [0.15, 0.2) is 64.3 Å². The SMILES string of the molecule is Cn1cc(C(O)C2CCN(C(=O)OCC3c4ccccc4-c4ccccc43)CC2)c(=O)n(C)c1=O. The first-order valence-electron chi connectivity index (χ1n) is 11.9. The fraction of sp³-hybridized carbons (Fsp3) is 0.370. The molecule has 2 heterocycles. The van der Waals surface area contributed by atoms with Crippen LogP contribution < -0.4 is 11.2 Å². The van der Waals surface area contributed by atoms with E-state index < -0.39 is 17.4 Å². The molecule has 182 valence electrons. The smallest absolute Gasteiger partial charge is 0.409 e. The molecular weight excluding hydrogens is 446 g/mol. The summed E-state index contributed by atoms with van der Waals surface area (Å²) in [6.45, 7) is 1.14. The van der Waals surface area contributed by atoms with Crippen LogP contribution in [-0.4, -0.2) is 44.9 Å². The van der Waals surface area contributed by atoms with Crippen molar-refractivity contribution >= 4 is 6.09 Å². The van der Waals surface area contributed by atoms with E-state index in [2.05, 4.69) is 24.3 Å². The van der Waals surface area contributed by atoms with Crippen LogP contribution in [0.2, 0.25) is 0 Å². The maximum absolute atomic E-state index is 12.9. The fourth-order valence-corrected chi connectivity index (χ4v) is 5.38. The second kappa shape index (κ2) is 9.19. The summed E-state index contributed by atoms with van der Waals surface area (Å²) in [6.07, 6.45) is 1.13. The molecule has 35 heavy (non-hydrogen) atoms. The van der Waals surface area contributed by atoms with Crippen molar-refractivity contribution in [1.29, 1.82) is 0 Å². The van der Waals surface area contributed by atoms with Crippen molar-refractivity contribution in [1.82, 2.24) is 14.0 Å². The number of hydrogen-bond acceptors (Lipinski definition) is 5. The molecule has 0 saturated carbocycles. The molecule has 1 N–H and O–H groups in total. The number of aromatic nitrogens is 2. The first-order chi connectivity index (χ1) is 16.9. The Hall–Kier alpha value is -3.65. The number of likely N-dealkylation sites (tertiary alicyclic amines) is 1. The predicted molar refractivity (Wildman–Crippen MR) is 131 cm³/mol. The number of nitrogens with zero attached hydrogens (tertiary/aromatic N) is 3. The lowest BCUT2D eigenvalue weighted by Gasteiger charge is -2.33. The van der Waals surface area contributed by atoms with E-state index in [1.165, 1.54) is 40.1 Å². The number of amides is 1. The second-order valence-corrected chi connectivity index (χ2v) is 9.42. The van der Waals surface area contributed by atoms with Crippen molar-refractivity contribution < 1.29 is 14.6 Å². The quantitative estimate of drug-likeness (QED) is 0.626. The normalized spacial score (nSPS) is 16.6. The number of piperidine rings is 1. The first kappa shape index (κ1) is 23.1. The lowest BCUT2D eigenvalue weighted by Crippen LogP contribution is -2.43. The predicted octanol–water partition coefficient (Wildman–Crippen LogP) is 2.78. The number of aliphatic hydroxyl groups excluding tert-OH is 1. The molecule has 1 amide bonds. The van der Waals surface area contributed by atoms with Gasteiger partial charge in [-0.1, -0.05) is 48.5 Å². The Kier molecular flexibility index (Phi) is 6.06. The van der Waals surface area contributed by atoms with Gasteiger partial charge in [0, 0.05) is 39.3 Å². The van der Waals surface area contributed by atoms with Gasteiger partial charge in [-0.05, 0) is 41.0 Å². The molecule has 1 aliphatic carbocycles. The summed E-state index contributed by atoms with van der Waals surface area (Å²) < 4.78 is 8.06. The highest BCUT2D eigenvalue weighted by atomic mass is 16.6. The minimum Gasteiger partial charge on any atom is -0.448 e. The van der Waals surface area contributed by atoms with Gasteiger partial charge in [0.1, 0.15) is 6.61 Å². The van der Waals surface area contributed by atoms with Crippen LogP contribution in [0.5, 0.6) is 0 Å². The van der Waals surface area contributed by atoms with Gasteiger partial charge in [-0.3, -0.25) is 9.36 Å². The number of hydrogen-bond donors (Lipinski definition) is 1. The fourth-order valence-electron chi connectivity index (χ4n) is 5.38. The van der Waals surface area contributed by atoms with Gasteiger partial charge >= 0.3 is 11.8 Å². The van der Waals surface area contributed by atoms with Gasteiger partial charge in [-0.25, -0.2) is 9.59 Å². The Bertz CT molecular complexity index is 1340. The lowest BCUT2D eigenvalue weighted by atomic mass is 9.88. The Morgan fingerprint density at radius 2 is 1.57 bits per heavy atom. The lowest BCUT2D eigenvalue weighted by molar-refractivity contribution is 0.0452. The van der Waals surface area contributed by atoms with Crippen LogP contribution >= 0.6 is 0 Å². The molecule has 5 rings (SSSR count). The molecule has 1 fully saturated rings. The Labute approximate surface area is 203 Å². The van der Waals surface area contributed by atoms with Gasteiger partial charge in [-0.15, -0.1) is 0 Å². The molecular formula is C27H29N3O5. The van der Waals surface area contributed by atoms with Gasteiger partial charge in [0.2, 0.25) is 0 Å². The largest absolute Gasteiger partial charge is 0.448 e.